The van der Waals surface area contributed by atoms with Crippen LogP contribution in [-0.2, 0) is 10.0 Å². The summed E-state index contributed by atoms with van der Waals surface area (Å²) in [4.78, 5) is 0. The van der Waals surface area contributed by atoms with Gasteiger partial charge >= 0.3 is 0 Å². The summed E-state index contributed by atoms with van der Waals surface area (Å²) in [6, 6.07) is 0. The second-order valence-corrected chi connectivity index (χ2v) is 5.60. The van der Waals surface area contributed by atoms with Gasteiger partial charge in [0.15, 0.2) is 0 Å². The van der Waals surface area contributed by atoms with E-state index >= 15 is 0 Å². The first kappa shape index (κ1) is 8.49. The van der Waals surface area contributed by atoms with E-state index in [1.807, 2.05) is 0 Å². The van der Waals surface area contributed by atoms with E-state index < -0.39 is 10.0 Å². The molecule has 5 heteroatoms. The van der Waals surface area contributed by atoms with Crippen LogP contribution in [0.25, 0.3) is 0 Å². The van der Waals surface area contributed by atoms with Crippen molar-refractivity contribution in [2.75, 3.05) is 17.8 Å². The molecule has 0 atom stereocenters. The van der Waals surface area contributed by atoms with E-state index in [9.17, 15) is 8.42 Å². The molecule has 0 aliphatic carbocycles. The minimum absolute atomic E-state index is 0.0556. The molecule has 1 aliphatic heterocycles. The van der Waals surface area contributed by atoms with Gasteiger partial charge in [-0.2, -0.15) is 0 Å². The lowest BCUT2D eigenvalue weighted by Crippen LogP contribution is -2.28. The Kier molecular flexibility index (Phi) is 2.71. The van der Waals surface area contributed by atoms with Crippen LogP contribution in [0.3, 0.4) is 0 Å². The van der Waals surface area contributed by atoms with Gasteiger partial charge in [-0.1, -0.05) is 15.9 Å². The molecule has 0 aromatic heterocycles. The van der Waals surface area contributed by atoms with Gasteiger partial charge in [0.05, 0.1) is 0 Å². The van der Waals surface area contributed by atoms with Crippen molar-refractivity contribution in [1.82, 2.24) is 4.31 Å². The number of hydrogen-bond donors (Lipinski definition) is 0. The summed E-state index contributed by atoms with van der Waals surface area (Å²) < 4.78 is 23.7. The molecule has 3 nitrogen and oxygen atoms in total. The molecule has 1 heterocycles. The van der Waals surface area contributed by atoms with E-state index in [-0.39, 0.29) is 4.66 Å². The molecule has 1 saturated heterocycles. The van der Waals surface area contributed by atoms with E-state index in [0.717, 1.165) is 12.8 Å². The zero-order valence-corrected chi connectivity index (χ0v) is 7.99. The minimum atomic E-state index is -2.95. The molecule has 1 fully saturated rings. The van der Waals surface area contributed by atoms with Crippen LogP contribution in [0, 0.1) is 0 Å². The maximum absolute atomic E-state index is 11.1. The van der Waals surface area contributed by atoms with Crippen molar-refractivity contribution in [2.45, 2.75) is 12.8 Å². The number of nitrogens with zero attached hydrogens (tertiary/aromatic N) is 1. The second kappa shape index (κ2) is 3.19. The van der Waals surface area contributed by atoms with Gasteiger partial charge in [0.25, 0.3) is 0 Å². The van der Waals surface area contributed by atoms with Gasteiger partial charge in [-0.25, -0.2) is 12.7 Å². The Bertz CT molecular complexity index is 196. The van der Waals surface area contributed by atoms with Gasteiger partial charge < -0.3 is 0 Å². The van der Waals surface area contributed by atoms with E-state index in [2.05, 4.69) is 15.9 Å². The Morgan fingerprint density at radius 2 is 1.80 bits per heavy atom. The summed E-state index contributed by atoms with van der Waals surface area (Å²) in [5, 5.41) is 0. The van der Waals surface area contributed by atoms with Crippen LogP contribution in [0.2, 0.25) is 0 Å². The Labute approximate surface area is 69.6 Å². The number of alkyl halides is 1. The molecular formula is C5H10BrNO2S. The third-order valence-electron chi connectivity index (χ3n) is 1.60. The first-order chi connectivity index (χ1) is 4.67. The molecular weight excluding hydrogens is 218 g/mol. The van der Waals surface area contributed by atoms with E-state index in [1.54, 1.807) is 0 Å². The van der Waals surface area contributed by atoms with Gasteiger partial charge in [0.2, 0.25) is 10.0 Å². The number of hydrogen-bond acceptors (Lipinski definition) is 2. The highest BCUT2D eigenvalue weighted by Gasteiger charge is 2.23. The molecule has 1 rings (SSSR count). The van der Waals surface area contributed by atoms with Gasteiger partial charge in [-0.15, -0.1) is 0 Å². The molecule has 0 spiro atoms. The summed E-state index contributed by atoms with van der Waals surface area (Å²) in [6.45, 7) is 1.40. The smallest absolute Gasteiger partial charge is 0.211 e. The quantitative estimate of drug-likeness (QED) is 0.654. The molecule has 1 aliphatic rings. The lowest BCUT2D eigenvalue weighted by molar-refractivity contribution is 0.482. The van der Waals surface area contributed by atoms with Crippen LogP contribution in [-0.4, -0.2) is 30.5 Å². The largest absolute Gasteiger partial charge is 0.224 e. The summed E-state index contributed by atoms with van der Waals surface area (Å²) in [6.07, 6.45) is 2.01. The lowest BCUT2D eigenvalue weighted by atomic mass is 10.4. The number of sulfonamides is 1. The fraction of sp³-hybridized carbons (Fsp3) is 1.00. The van der Waals surface area contributed by atoms with E-state index in [0.29, 0.717) is 13.1 Å². The third-order valence-corrected chi connectivity index (χ3v) is 4.76. The fourth-order valence-corrected chi connectivity index (χ4v) is 2.86. The van der Waals surface area contributed by atoms with Crippen molar-refractivity contribution < 1.29 is 8.42 Å². The molecule has 60 valence electrons. The average molecular weight is 228 g/mol. The first-order valence-electron chi connectivity index (χ1n) is 3.20. The highest BCUT2D eigenvalue weighted by molar-refractivity contribution is 9.10. The van der Waals surface area contributed by atoms with Crippen LogP contribution in [0.5, 0.6) is 0 Å². The highest BCUT2D eigenvalue weighted by Crippen LogP contribution is 2.13. The maximum Gasteiger partial charge on any atom is 0.224 e. The van der Waals surface area contributed by atoms with Crippen molar-refractivity contribution >= 4 is 26.0 Å². The van der Waals surface area contributed by atoms with Crippen LogP contribution >= 0.6 is 15.9 Å². The maximum atomic E-state index is 11.1. The van der Waals surface area contributed by atoms with Crippen molar-refractivity contribution in [3.63, 3.8) is 0 Å². The molecule has 0 N–H and O–H groups in total. The molecule has 0 amide bonds. The van der Waals surface area contributed by atoms with Gasteiger partial charge in [0, 0.05) is 13.1 Å². The summed E-state index contributed by atoms with van der Waals surface area (Å²) in [7, 11) is -2.95. The minimum Gasteiger partial charge on any atom is -0.211 e. The molecule has 0 aromatic rings. The van der Waals surface area contributed by atoms with Gasteiger partial charge in [0.1, 0.15) is 4.66 Å². The topological polar surface area (TPSA) is 37.4 Å². The van der Waals surface area contributed by atoms with E-state index in [1.165, 1.54) is 4.31 Å². The monoisotopic (exact) mass is 227 g/mol. The molecule has 0 bridgehead atoms. The molecule has 10 heavy (non-hydrogen) atoms. The first-order valence-corrected chi connectivity index (χ1v) is 5.93. The lowest BCUT2D eigenvalue weighted by Gasteiger charge is -2.11. The van der Waals surface area contributed by atoms with Crippen molar-refractivity contribution in [3.8, 4) is 0 Å². The normalized spacial score (nSPS) is 21.7. The van der Waals surface area contributed by atoms with Crippen LogP contribution < -0.4 is 0 Å². The molecule has 0 radical (unpaired) electrons. The Hall–Kier alpha value is 0.390. The van der Waals surface area contributed by atoms with Crippen molar-refractivity contribution in [2.24, 2.45) is 0 Å². The predicted molar refractivity (Wildman–Crippen MR) is 43.5 cm³/mol. The zero-order valence-electron chi connectivity index (χ0n) is 5.59. The SMILES string of the molecule is O=S(=O)(CBr)N1CCCC1. The predicted octanol–water partition coefficient (Wildman–Crippen LogP) is 0.764. The Morgan fingerprint density at radius 3 is 2.20 bits per heavy atom. The summed E-state index contributed by atoms with van der Waals surface area (Å²) in [5.74, 6) is 0. The van der Waals surface area contributed by atoms with Crippen LogP contribution in [0.15, 0.2) is 0 Å². The molecule has 0 unspecified atom stereocenters. The number of halogens is 1. The van der Waals surface area contributed by atoms with Gasteiger partial charge in [-0.3, -0.25) is 0 Å². The third kappa shape index (κ3) is 1.71. The standard InChI is InChI=1S/C5H10BrNO2S/c6-5-10(8,9)7-3-1-2-4-7/h1-5H2. The highest BCUT2D eigenvalue weighted by atomic mass is 79.9. The molecule has 0 aromatic carbocycles. The van der Waals surface area contributed by atoms with Crippen molar-refractivity contribution in [1.29, 1.82) is 0 Å². The van der Waals surface area contributed by atoms with E-state index in [4.69, 9.17) is 0 Å². The second-order valence-electron chi connectivity index (χ2n) is 2.33. The summed E-state index contributed by atoms with van der Waals surface area (Å²) in [5.41, 5.74) is 0. The zero-order chi connectivity index (χ0) is 7.61. The number of rotatable bonds is 2. The Balaban J connectivity index is 2.63. The van der Waals surface area contributed by atoms with Crippen molar-refractivity contribution in [3.05, 3.63) is 0 Å². The molecule has 0 saturated carbocycles. The van der Waals surface area contributed by atoms with Crippen LogP contribution in [0.1, 0.15) is 12.8 Å². The Morgan fingerprint density at radius 1 is 1.30 bits per heavy atom. The average Bonchev–Trinajstić information content (AvgIpc) is 2.38. The fourth-order valence-electron chi connectivity index (χ4n) is 1.04. The van der Waals surface area contributed by atoms with Crippen LogP contribution in [0.4, 0.5) is 0 Å². The van der Waals surface area contributed by atoms with Gasteiger partial charge in [-0.05, 0) is 12.8 Å². The summed E-state index contributed by atoms with van der Waals surface area (Å²) >= 11 is 2.95.